The Balaban J connectivity index is 2.95. The number of carbonyl (C=O) groups is 2. The normalized spacial score (nSPS) is 10.1. The molecular weight excluding hydrogens is 274 g/mol. The summed E-state index contributed by atoms with van der Waals surface area (Å²) >= 11 is 0. The number of nitrogens with one attached hydrogen (secondary N) is 1. The van der Waals surface area contributed by atoms with Crippen molar-refractivity contribution in [3.05, 3.63) is 24.3 Å². The maximum atomic E-state index is 11.9. The summed E-state index contributed by atoms with van der Waals surface area (Å²) in [5.74, 6) is -0.803. The topological polar surface area (TPSA) is 73.9 Å². The van der Waals surface area contributed by atoms with E-state index in [1.807, 2.05) is 6.92 Å². The van der Waals surface area contributed by atoms with Gasteiger partial charge in [0.05, 0.1) is 25.5 Å². The van der Waals surface area contributed by atoms with Gasteiger partial charge in [-0.2, -0.15) is 0 Å². The van der Waals surface area contributed by atoms with Crippen LogP contribution in [0.15, 0.2) is 24.3 Å². The molecule has 0 aliphatic heterocycles. The van der Waals surface area contributed by atoms with E-state index in [1.54, 1.807) is 38.1 Å². The molecule has 6 nitrogen and oxygen atoms in total. The average Bonchev–Trinajstić information content (AvgIpc) is 2.47. The quantitative estimate of drug-likeness (QED) is 0.584. The van der Waals surface area contributed by atoms with Gasteiger partial charge in [-0.1, -0.05) is 12.1 Å². The minimum Gasteiger partial charge on any atom is -0.492 e. The van der Waals surface area contributed by atoms with E-state index in [2.05, 4.69) is 5.32 Å². The summed E-state index contributed by atoms with van der Waals surface area (Å²) in [6.07, 6.45) is 0. The summed E-state index contributed by atoms with van der Waals surface area (Å²) in [7, 11) is 0. The van der Waals surface area contributed by atoms with Gasteiger partial charge in [0.1, 0.15) is 5.75 Å². The highest BCUT2D eigenvalue weighted by Crippen LogP contribution is 2.24. The Kier molecular flexibility index (Phi) is 7.08. The number of para-hydroxylation sites is 2. The highest BCUT2D eigenvalue weighted by Gasteiger charge is 2.30. The summed E-state index contributed by atoms with van der Waals surface area (Å²) in [4.78, 5) is 23.8. The maximum absolute atomic E-state index is 11.9. The molecule has 0 spiro atoms. The summed E-state index contributed by atoms with van der Waals surface area (Å²) in [5.41, 5.74) is 0.533. The number of hydrogen-bond donors (Lipinski definition) is 1. The van der Waals surface area contributed by atoms with E-state index in [1.165, 1.54) is 0 Å². The molecule has 0 bridgehead atoms. The fourth-order valence-corrected chi connectivity index (χ4v) is 1.69. The van der Waals surface area contributed by atoms with E-state index in [0.29, 0.717) is 18.0 Å². The van der Waals surface area contributed by atoms with Gasteiger partial charge < -0.3 is 19.5 Å². The van der Waals surface area contributed by atoms with Crippen LogP contribution in [-0.2, 0) is 19.1 Å². The lowest BCUT2D eigenvalue weighted by Crippen LogP contribution is -2.40. The third-order valence-electron chi connectivity index (χ3n) is 2.53. The lowest BCUT2D eigenvalue weighted by Gasteiger charge is -2.18. The molecule has 0 radical (unpaired) electrons. The zero-order chi connectivity index (χ0) is 15.7. The smallest absolute Gasteiger partial charge is 0.340 e. The van der Waals surface area contributed by atoms with Gasteiger partial charge in [0, 0.05) is 0 Å². The van der Waals surface area contributed by atoms with Crippen LogP contribution < -0.4 is 10.1 Å². The maximum Gasteiger partial charge on any atom is 0.340 e. The SMILES string of the molecule is CCOC(=O)C(Nc1ccccc1OCC)C(=O)OCC. The van der Waals surface area contributed by atoms with Crippen molar-refractivity contribution in [2.75, 3.05) is 25.1 Å². The summed E-state index contributed by atoms with van der Waals surface area (Å²) < 4.78 is 15.3. The van der Waals surface area contributed by atoms with Gasteiger partial charge in [-0.05, 0) is 32.9 Å². The highest BCUT2D eigenvalue weighted by molar-refractivity contribution is 6.02. The minimum atomic E-state index is -1.22. The van der Waals surface area contributed by atoms with Crippen LogP contribution in [0.1, 0.15) is 20.8 Å². The molecule has 1 N–H and O–H groups in total. The Bertz CT molecular complexity index is 457. The van der Waals surface area contributed by atoms with Crippen molar-refractivity contribution in [3.8, 4) is 5.75 Å². The van der Waals surface area contributed by atoms with Crippen LogP contribution in [0.2, 0.25) is 0 Å². The lowest BCUT2D eigenvalue weighted by molar-refractivity contribution is -0.155. The zero-order valence-corrected chi connectivity index (χ0v) is 12.5. The predicted octanol–water partition coefficient (Wildman–Crippen LogP) is 1.99. The van der Waals surface area contributed by atoms with E-state index in [9.17, 15) is 9.59 Å². The number of rotatable bonds is 8. The fourth-order valence-electron chi connectivity index (χ4n) is 1.69. The van der Waals surface area contributed by atoms with Gasteiger partial charge in [0.2, 0.25) is 6.04 Å². The van der Waals surface area contributed by atoms with Gasteiger partial charge in [-0.3, -0.25) is 0 Å². The van der Waals surface area contributed by atoms with E-state index in [0.717, 1.165) is 0 Å². The van der Waals surface area contributed by atoms with E-state index < -0.39 is 18.0 Å². The van der Waals surface area contributed by atoms with Gasteiger partial charge in [0.15, 0.2) is 0 Å². The molecule has 6 heteroatoms. The number of anilines is 1. The Morgan fingerprint density at radius 1 is 1.00 bits per heavy atom. The second kappa shape index (κ2) is 8.84. The third-order valence-corrected chi connectivity index (χ3v) is 2.53. The third kappa shape index (κ3) is 4.98. The fraction of sp³-hybridized carbons (Fsp3) is 0.467. The molecule has 0 unspecified atom stereocenters. The van der Waals surface area contributed by atoms with Crippen molar-refractivity contribution in [2.45, 2.75) is 26.8 Å². The lowest BCUT2D eigenvalue weighted by atomic mass is 10.2. The van der Waals surface area contributed by atoms with Crippen molar-refractivity contribution in [1.82, 2.24) is 0 Å². The second-order valence-corrected chi connectivity index (χ2v) is 4.01. The number of benzene rings is 1. The van der Waals surface area contributed by atoms with Crippen molar-refractivity contribution >= 4 is 17.6 Å². The van der Waals surface area contributed by atoms with Crippen LogP contribution in [-0.4, -0.2) is 37.8 Å². The zero-order valence-electron chi connectivity index (χ0n) is 12.5. The molecule has 0 amide bonds. The minimum absolute atomic E-state index is 0.184. The molecule has 1 rings (SSSR count). The van der Waals surface area contributed by atoms with Crippen molar-refractivity contribution in [3.63, 3.8) is 0 Å². The van der Waals surface area contributed by atoms with Crippen LogP contribution >= 0.6 is 0 Å². The molecule has 1 aromatic rings. The Labute approximate surface area is 124 Å². The molecule has 116 valence electrons. The largest absolute Gasteiger partial charge is 0.492 e. The van der Waals surface area contributed by atoms with Gasteiger partial charge in [0.25, 0.3) is 0 Å². The molecule has 0 saturated carbocycles. The van der Waals surface area contributed by atoms with Crippen LogP contribution in [0.5, 0.6) is 5.75 Å². The molecule has 21 heavy (non-hydrogen) atoms. The molecule has 0 heterocycles. The average molecular weight is 295 g/mol. The molecular formula is C15H21NO5. The molecule has 0 atom stereocenters. The van der Waals surface area contributed by atoms with Crippen molar-refractivity contribution in [2.24, 2.45) is 0 Å². The molecule has 1 aromatic carbocycles. The Morgan fingerprint density at radius 2 is 1.57 bits per heavy atom. The van der Waals surface area contributed by atoms with Crippen LogP contribution in [0.25, 0.3) is 0 Å². The van der Waals surface area contributed by atoms with Crippen LogP contribution in [0.3, 0.4) is 0 Å². The number of ether oxygens (including phenoxy) is 3. The molecule has 0 aromatic heterocycles. The van der Waals surface area contributed by atoms with E-state index in [4.69, 9.17) is 14.2 Å². The molecule has 0 fully saturated rings. The monoisotopic (exact) mass is 295 g/mol. The highest BCUT2D eigenvalue weighted by atomic mass is 16.6. The first-order valence-electron chi connectivity index (χ1n) is 6.95. The van der Waals surface area contributed by atoms with Gasteiger partial charge in [-0.25, -0.2) is 9.59 Å². The van der Waals surface area contributed by atoms with Crippen LogP contribution in [0.4, 0.5) is 5.69 Å². The summed E-state index contributed by atoms with van der Waals surface area (Å²) in [6, 6.07) is 5.83. The first-order chi connectivity index (χ1) is 10.1. The number of esters is 2. The van der Waals surface area contributed by atoms with E-state index in [-0.39, 0.29) is 13.2 Å². The Morgan fingerprint density at radius 3 is 2.10 bits per heavy atom. The predicted molar refractivity (Wildman–Crippen MR) is 78.3 cm³/mol. The van der Waals surface area contributed by atoms with Crippen LogP contribution in [0, 0.1) is 0 Å². The standard InChI is InChI=1S/C15H21NO5/c1-4-19-12-10-8-7-9-11(12)16-13(14(17)20-5-2)15(18)21-6-3/h7-10,13,16H,4-6H2,1-3H3. The molecule has 0 aliphatic rings. The first kappa shape index (κ1) is 16.8. The Hall–Kier alpha value is -2.24. The second-order valence-electron chi connectivity index (χ2n) is 4.01. The van der Waals surface area contributed by atoms with Crippen molar-refractivity contribution in [1.29, 1.82) is 0 Å². The van der Waals surface area contributed by atoms with Gasteiger partial charge >= 0.3 is 11.9 Å². The number of hydrogen-bond acceptors (Lipinski definition) is 6. The summed E-state index contributed by atoms with van der Waals surface area (Å²) in [6.45, 7) is 6.04. The number of carbonyl (C=O) groups excluding carboxylic acids is 2. The molecule has 0 aliphatic carbocycles. The summed E-state index contributed by atoms with van der Waals surface area (Å²) in [5, 5.41) is 2.83. The van der Waals surface area contributed by atoms with Gasteiger partial charge in [-0.15, -0.1) is 0 Å². The molecule has 0 saturated heterocycles. The van der Waals surface area contributed by atoms with Crippen molar-refractivity contribution < 1.29 is 23.8 Å². The van der Waals surface area contributed by atoms with E-state index >= 15 is 0 Å². The first-order valence-corrected chi connectivity index (χ1v) is 6.95.